The number of amides is 1. The fourth-order valence-corrected chi connectivity index (χ4v) is 4.96. The molecule has 0 aliphatic heterocycles. The van der Waals surface area contributed by atoms with Gasteiger partial charge >= 0.3 is 0 Å². The predicted molar refractivity (Wildman–Crippen MR) is 139 cm³/mol. The highest BCUT2D eigenvalue weighted by Crippen LogP contribution is 2.35. The highest BCUT2D eigenvalue weighted by atomic mass is 32.1. The second-order valence-electron chi connectivity index (χ2n) is 8.24. The molecule has 1 amide bonds. The fraction of sp³-hybridized carbons (Fsp3) is 0.115. The first-order valence-electron chi connectivity index (χ1n) is 11.2. The lowest BCUT2D eigenvalue weighted by Gasteiger charge is -2.06. The number of carbonyl (C=O) groups excluding carboxylic acids is 1. The number of H-pyrrole nitrogens is 2. The van der Waals surface area contributed by atoms with Gasteiger partial charge in [0.1, 0.15) is 11.2 Å². The smallest absolute Gasteiger partial charge is 0.224 e. The largest absolute Gasteiger partial charge is 0.353 e. The Hall–Kier alpha value is -4.37. The van der Waals surface area contributed by atoms with Crippen LogP contribution in [0.15, 0.2) is 61.1 Å². The number of hydrogen-bond acceptors (Lipinski definition) is 6. The third-order valence-electron chi connectivity index (χ3n) is 5.82. The van der Waals surface area contributed by atoms with Crippen molar-refractivity contribution in [1.29, 1.82) is 0 Å². The summed E-state index contributed by atoms with van der Waals surface area (Å²) >= 11 is 1.73. The number of aryl methyl sites for hydroxylation is 1. The molecule has 0 saturated carbocycles. The lowest BCUT2D eigenvalue weighted by atomic mass is 10.1. The summed E-state index contributed by atoms with van der Waals surface area (Å²) in [6.45, 7) is 3.91. The van der Waals surface area contributed by atoms with Crippen LogP contribution in [-0.4, -0.2) is 36.0 Å². The number of carbonyl (C=O) groups is 1. The monoisotopic (exact) mass is 479 g/mol. The first kappa shape index (κ1) is 21.2. The molecule has 6 aromatic rings. The van der Waals surface area contributed by atoms with Gasteiger partial charge in [0.15, 0.2) is 0 Å². The number of hydrogen-bond donors (Lipinski definition) is 3. The van der Waals surface area contributed by atoms with Gasteiger partial charge in [0.2, 0.25) is 5.91 Å². The van der Waals surface area contributed by atoms with Crippen LogP contribution < -0.4 is 5.32 Å². The average molecular weight is 480 g/mol. The fourth-order valence-electron chi connectivity index (χ4n) is 4.08. The van der Waals surface area contributed by atoms with Gasteiger partial charge in [0.05, 0.1) is 39.4 Å². The number of aromatic amines is 2. The van der Waals surface area contributed by atoms with Crippen LogP contribution in [0.2, 0.25) is 0 Å². The van der Waals surface area contributed by atoms with Crippen molar-refractivity contribution in [3.63, 3.8) is 0 Å². The van der Waals surface area contributed by atoms with Gasteiger partial charge in [0, 0.05) is 40.2 Å². The standard InChI is InChI=1S/C26H21N7OS/c1-3-23(34)29-16-10-15(12-27-13-16)18-5-6-20-25(31-18)26(33-32-20)21-11-17-19(30-21)8-9-28-24(17)22-7-4-14(2)35-22/h4-13,30H,3H2,1-2H3,(H,29,34)(H,32,33). The second-order valence-corrected chi connectivity index (χ2v) is 9.53. The number of aromatic nitrogens is 6. The SMILES string of the molecule is CCC(=O)Nc1cncc(-c2ccc3[nH]nc(-c4cc5c(-c6ccc(C)s6)nccc5[nH]4)c3n2)c1. The van der Waals surface area contributed by atoms with E-state index in [2.05, 4.69) is 55.6 Å². The molecule has 0 aliphatic rings. The van der Waals surface area contributed by atoms with Gasteiger partial charge in [-0.3, -0.25) is 19.9 Å². The average Bonchev–Trinajstić information content (AvgIpc) is 3.61. The Morgan fingerprint density at radius 3 is 2.80 bits per heavy atom. The highest BCUT2D eigenvalue weighted by Gasteiger charge is 2.16. The van der Waals surface area contributed by atoms with Crippen molar-refractivity contribution in [1.82, 2.24) is 30.1 Å². The molecule has 8 nitrogen and oxygen atoms in total. The lowest BCUT2D eigenvalue weighted by molar-refractivity contribution is -0.115. The molecule has 6 rings (SSSR count). The van der Waals surface area contributed by atoms with Gasteiger partial charge in [-0.1, -0.05) is 6.92 Å². The molecule has 3 N–H and O–H groups in total. The lowest BCUT2D eigenvalue weighted by Crippen LogP contribution is -2.09. The molecule has 0 aromatic carbocycles. The number of pyridine rings is 3. The van der Waals surface area contributed by atoms with Crippen molar-refractivity contribution >= 4 is 44.9 Å². The van der Waals surface area contributed by atoms with Crippen LogP contribution in [0.25, 0.3) is 55.2 Å². The second kappa shape index (κ2) is 8.44. The molecule has 9 heteroatoms. The normalized spacial score (nSPS) is 11.4. The summed E-state index contributed by atoms with van der Waals surface area (Å²) in [4.78, 5) is 31.5. The zero-order valence-corrected chi connectivity index (χ0v) is 19.9. The minimum Gasteiger partial charge on any atom is -0.353 e. The van der Waals surface area contributed by atoms with Crippen LogP contribution in [0, 0.1) is 6.92 Å². The van der Waals surface area contributed by atoms with E-state index in [-0.39, 0.29) is 5.91 Å². The van der Waals surface area contributed by atoms with Crippen molar-refractivity contribution in [3.05, 3.63) is 65.9 Å². The van der Waals surface area contributed by atoms with Crippen LogP contribution in [0.3, 0.4) is 0 Å². The maximum atomic E-state index is 11.8. The maximum absolute atomic E-state index is 11.8. The van der Waals surface area contributed by atoms with E-state index in [1.54, 1.807) is 23.7 Å². The van der Waals surface area contributed by atoms with Gasteiger partial charge in [0.25, 0.3) is 0 Å². The van der Waals surface area contributed by atoms with Gasteiger partial charge in [-0.2, -0.15) is 5.10 Å². The van der Waals surface area contributed by atoms with Crippen LogP contribution in [0.1, 0.15) is 18.2 Å². The van der Waals surface area contributed by atoms with Gasteiger partial charge in [-0.25, -0.2) is 4.98 Å². The van der Waals surface area contributed by atoms with Crippen molar-refractivity contribution in [2.45, 2.75) is 20.3 Å². The Balaban J connectivity index is 1.43. The molecule has 0 saturated heterocycles. The van der Waals surface area contributed by atoms with E-state index in [0.29, 0.717) is 12.1 Å². The predicted octanol–water partition coefficient (Wildman–Crippen LogP) is 5.95. The molecule has 6 aromatic heterocycles. The minimum absolute atomic E-state index is 0.0603. The first-order chi connectivity index (χ1) is 17.1. The molecule has 0 radical (unpaired) electrons. The Kier molecular flexibility index (Phi) is 5.11. The van der Waals surface area contributed by atoms with E-state index in [1.807, 2.05) is 37.4 Å². The van der Waals surface area contributed by atoms with E-state index in [1.165, 1.54) is 4.88 Å². The van der Waals surface area contributed by atoms with Gasteiger partial charge in [-0.05, 0) is 49.4 Å². The van der Waals surface area contributed by atoms with Crippen molar-refractivity contribution in [3.8, 4) is 33.2 Å². The van der Waals surface area contributed by atoms with E-state index >= 15 is 0 Å². The highest BCUT2D eigenvalue weighted by molar-refractivity contribution is 7.15. The molecule has 6 heterocycles. The van der Waals surface area contributed by atoms with E-state index in [0.717, 1.165) is 55.2 Å². The molecular weight excluding hydrogens is 458 g/mol. The molecular formula is C26H21N7OS. The summed E-state index contributed by atoms with van der Waals surface area (Å²) < 4.78 is 0. The molecule has 0 aliphatic carbocycles. The van der Waals surface area contributed by atoms with Crippen molar-refractivity contribution in [2.75, 3.05) is 5.32 Å². The van der Waals surface area contributed by atoms with E-state index in [4.69, 9.17) is 4.98 Å². The number of anilines is 1. The van der Waals surface area contributed by atoms with Crippen LogP contribution in [-0.2, 0) is 4.79 Å². The topological polar surface area (TPSA) is 112 Å². The minimum atomic E-state index is -0.0603. The Morgan fingerprint density at radius 2 is 1.97 bits per heavy atom. The Morgan fingerprint density at radius 1 is 1.06 bits per heavy atom. The van der Waals surface area contributed by atoms with Gasteiger partial charge < -0.3 is 10.3 Å². The summed E-state index contributed by atoms with van der Waals surface area (Å²) in [5.74, 6) is -0.0603. The van der Waals surface area contributed by atoms with Gasteiger partial charge in [-0.15, -0.1) is 11.3 Å². The van der Waals surface area contributed by atoms with Crippen molar-refractivity contribution < 1.29 is 4.79 Å². The molecule has 0 bridgehead atoms. The third kappa shape index (κ3) is 3.85. The van der Waals surface area contributed by atoms with Crippen LogP contribution in [0.5, 0.6) is 0 Å². The van der Waals surface area contributed by atoms with E-state index < -0.39 is 0 Å². The molecule has 0 atom stereocenters. The van der Waals surface area contributed by atoms with Crippen LogP contribution in [0.4, 0.5) is 5.69 Å². The number of thiophene rings is 1. The summed E-state index contributed by atoms with van der Waals surface area (Å²) in [6, 6.07) is 14.0. The zero-order chi connectivity index (χ0) is 23.9. The number of fused-ring (bicyclic) bond motifs is 2. The molecule has 172 valence electrons. The van der Waals surface area contributed by atoms with Crippen LogP contribution >= 0.6 is 11.3 Å². The molecule has 0 unspecified atom stereocenters. The zero-order valence-electron chi connectivity index (χ0n) is 19.1. The molecule has 0 fully saturated rings. The molecule has 35 heavy (non-hydrogen) atoms. The number of nitrogens with one attached hydrogen (secondary N) is 3. The summed E-state index contributed by atoms with van der Waals surface area (Å²) in [7, 11) is 0. The third-order valence-corrected chi connectivity index (χ3v) is 6.83. The Labute approximate surface area is 204 Å². The van der Waals surface area contributed by atoms with E-state index in [9.17, 15) is 4.79 Å². The summed E-state index contributed by atoms with van der Waals surface area (Å²) in [6.07, 6.45) is 5.59. The number of nitrogens with zero attached hydrogens (tertiary/aromatic N) is 4. The summed E-state index contributed by atoms with van der Waals surface area (Å²) in [5, 5.41) is 11.5. The Bertz CT molecular complexity index is 1710. The summed E-state index contributed by atoms with van der Waals surface area (Å²) in [5.41, 5.74) is 7.31. The quantitative estimate of drug-likeness (QED) is 0.283. The van der Waals surface area contributed by atoms with Crippen molar-refractivity contribution in [2.24, 2.45) is 0 Å². The molecule has 0 spiro atoms. The number of rotatable bonds is 5. The maximum Gasteiger partial charge on any atom is 0.224 e. The first-order valence-corrected chi connectivity index (χ1v) is 12.1.